The topological polar surface area (TPSA) is 60.8 Å². The second kappa shape index (κ2) is 7.99. The molecule has 0 amide bonds. The highest BCUT2D eigenvalue weighted by Gasteiger charge is 2.06. The van der Waals surface area contributed by atoms with E-state index < -0.39 is 0 Å². The SMILES string of the molecule is CNC(=S)N/N=C(/C)c1ccc(NC2=NCCCS2)cc1. The van der Waals surface area contributed by atoms with Crippen LogP contribution in [0, 0.1) is 0 Å². The molecule has 1 aliphatic rings. The second-order valence-corrected chi connectivity index (χ2v) is 5.97. The summed E-state index contributed by atoms with van der Waals surface area (Å²) in [6.07, 6.45) is 1.16. The Morgan fingerprint density at radius 2 is 2.10 bits per heavy atom. The zero-order chi connectivity index (χ0) is 15.1. The van der Waals surface area contributed by atoms with E-state index >= 15 is 0 Å². The van der Waals surface area contributed by atoms with E-state index in [9.17, 15) is 0 Å². The Balaban J connectivity index is 1.97. The molecule has 112 valence electrons. The van der Waals surface area contributed by atoms with Gasteiger partial charge in [-0.1, -0.05) is 23.9 Å². The number of thioether (sulfide) groups is 1. The lowest BCUT2D eigenvalue weighted by Gasteiger charge is -2.13. The normalized spacial score (nSPS) is 15.1. The molecule has 0 saturated heterocycles. The number of amidine groups is 1. The summed E-state index contributed by atoms with van der Waals surface area (Å²) >= 11 is 6.75. The number of hydrogen-bond donors (Lipinski definition) is 3. The summed E-state index contributed by atoms with van der Waals surface area (Å²) in [5.41, 5.74) is 5.75. The summed E-state index contributed by atoms with van der Waals surface area (Å²) in [5, 5.41) is 11.9. The largest absolute Gasteiger partial charge is 0.364 e. The minimum atomic E-state index is 0.500. The number of nitrogens with zero attached hydrogens (tertiary/aromatic N) is 2. The van der Waals surface area contributed by atoms with Crippen molar-refractivity contribution in [3.05, 3.63) is 29.8 Å². The van der Waals surface area contributed by atoms with Gasteiger partial charge in [0.15, 0.2) is 10.3 Å². The van der Waals surface area contributed by atoms with Crippen molar-refractivity contribution in [3.63, 3.8) is 0 Å². The first-order valence-corrected chi connectivity index (χ1v) is 8.15. The third-order valence-electron chi connectivity index (χ3n) is 2.90. The van der Waals surface area contributed by atoms with Gasteiger partial charge in [0.2, 0.25) is 0 Å². The zero-order valence-corrected chi connectivity index (χ0v) is 13.8. The van der Waals surface area contributed by atoms with Gasteiger partial charge in [0.05, 0.1) is 5.71 Å². The van der Waals surface area contributed by atoms with E-state index in [0.29, 0.717) is 5.11 Å². The molecule has 0 fully saturated rings. The third-order valence-corrected chi connectivity index (χ3v) is 4.20. The maximum absolute atomic E-state index is 4.98. The lowest BCUT2D eigenvalue weighted by molar-refractivity contribution is 0.938. The molecular formula is C14H19N5S2. The molecule has 1 heterocycles. The average molecular weight is 321 g/mol. The van der Waals surface area contributed by atoms with Gasteiger partial charge in [-0.3, -0.25) is 10.4 Å². The predicted molar refractivity (Wildman–Crippen MR) is 96.4 cm³/mol. The molecule has 0 radical (unpaired) electrons. The van der Waals surface area contributed by atoms with Crippen LogP contribution in [0.25, 0.3) is 0 Å². The Hall–Kier alpha value is -1.60. The first-order chi connectivity index (χ1) is 10.2. The second-order valence-electron chi connectivity index (χ2n) is 4.48. The smallest absolute Gasteiger partial charge is 0.186 e. The van der Waals surface area contributed by atoms with Crippen LogP contribution < -0.4 is 16.1 Å². The van der Waals surface area contributed by atoms with Crippen LogP contribution in [0.5, 0.6) is 0 Å². The average Bonchev–Trinajstić information content (AvgIpc) is 2.54. The molecule has 1 aromatic carbocycles. The Morgan fingerprint density at radius 3 is 2.71 bits per heavy atom. The number of hydrazone groups is 1. The number of rotatable bonds is 3. The van der Waals surface area contributed by atoms with Crippen LogP contribution in [0.15, 0.2) is 34.4 Å². The molecule has 5 nitrogen and oxygen atoms in total. The van der Waals surface area contributed by atoms with Crippen LogP contribution in [0.1, 0.15) is 18.9 Å². The molecular weight excluding hydrogens is 302 g/mol. The molecule has 0 saturated carbocycles. The molecule has 2 rings (SSSR count). The van der Waals surface area contributed by atoms with E-state index in [1.807, 2.05) is 31.2 Å². The van der Waals surface area contributed by atoms with Gasteiger partial charge in [-0.25, -0.2) is 0 Å². The number of thiocarbonyl (C=S) groups is 1. The predicted octanol–water partition coefficient (Wildman–Crippen LogP) is 2.41. The van der Waals surface area contributed by atoms with Gasteiger partial charge in [-0.05, 0) is 43.3 Å². The Morgan fingerprint density at radius 1 is 1.33 bits per heavy atom. The molecule has 7 heteroatoms. The fourth-order valence-corrected chi connectivity index (χ4v) is 2.59. The van der Waals surface area contributed by atoms with Crippen molar-refractivity contribution in [3.8, 4) is 0 Å². The highest BCUT2D eigenvalue weighted by Crippen LogP contribution is 2.16. The molecule has 0 aromatic heterocycles. The fraction of sp³-hybridized carbons (Fsp3) is 0.357. The number of nitrogens with one attached hydrogen (secondary N) is 3. The van der Waals surface area contributed by atoms with Gasteiger partial charge in [-0.15, -0.1) is 0 Å². The van der Waals surface area contributed by atoms with Crippen LogP contribution in [-0.4, -0.2) is 35.3 Å². The van der Waals surface area contributed by atoms with Crippen LogP contribution in [0.4, 0.5) is 5.69 Å². The molecule has 1 aromatic rings. The summed E-state index contributed by atoms with van der Waals surface area (Å²) in [6, 6.07) is 8.11. The molecule has 1 aliphatic heterocycles. The number of anilines is 1. The third kappa shape index (κ3) is 5.02. The highest BCUT2D eigenvalue weighted by atomic mass is 32.2. The minimum Gasteiger partial charge on any atom is -0.364 e. The van der Waals surface area contributed by atoms with Gasteiger partial charge >= 0.3 is 0 Å². The molecule has 3 N–H and O–H groups in total. The summed E-state index contributed by atoms with van der Waals surface area (Å²) in [4.78, 5) is 4.45. The van der Waals surface area contributed by atoms with Crippen LogP contribution >= 0.6 is 24.0 Å². The highest BCUT2D eigenvalue weighted by molar-refractivity contribution is 8.14. The Kier molecular flexibility index (Phi) is 6.01. The summed E-state index contributed by atoms with van der Waals surface area (Å²) in [5.74, 6) is 1.13. The summed E-state index contributed by atoms with van der Waals surface area (Å²) in [7, 11) is 1.76. The number of hydrogen-bond acceptors (Lipinski definition) is 5. The van der Waals surface area contributed by atoms with Crippen LogP contribution in [-0.2, 0) is 0 Å². The number of aliphatic imine (C=N–C) groups is 1. The molecule has 21 heavy (non-hydrogen) atoms. The Bertz CT molecular complexity index is 551. The van der Waals surface area contributed by atoms with E-state index in [2.05, 4.69) is 26.2 Å². The number of benzene rings is 1. The van der Waals surface area contributed by atoms with Crippen molar-refractivity contribution in [1.29, 1.82) is 0 Å². The van der Waals surface area contributed by atoms with E-state index in [1.165, 1.54) is 0 Å². The van der Waals surface area contributed by atoms with Crippen LogP contribution in [0.2, 0.25) is 0 Å². The van der Waals surface area contributed by atoms with Crippen LogP contribution in [0.3, 0.4) is 0 Å². The van der Waals surface area contributed by atoms with E-state index in [0.717, 1.165) is 40.8 Å². The molecule has 0 spiro atoms. The van der Waals surface area contributed by atoms with Gasteiger partial charge in [0.25, 0.3) is 0 Å². The lowest BCUT2D eigenvalue weighted by atomic mass is 10.1. The maximum atomic E-state index is 4.98. The van der Waals surface area contributed by atoms with Gasteiger partial charge in [0.1, 0.15) is 0 Å². The standard InChI is InChI=1S/C14H19N5S2/c1-10(18-19-13(20)15-2)11-4-6-12(7-5-11)17-14-16-8-3-9-21-14/h4-7H,3,8-9H2,1-2H3,(H,16,17)(H2,15,19,20)/b18-10-. The summed E-state index contributed by atoms with van der Waals surface area (Å²) < 4.78 is 0. The zero-order valence-electron chi connectivity index (χ0n) is 12.1. The molecule has 0 bridgehead atoms. The van der Waals surface area contributed by atoms with Crippen molar-refractivity contribution in [2.24, 2.45) is 10.1 Å². The first kappa shape index (κ1) is 15.8. The molecule has 0 unspecified atom stereocenters. The van der Waals surface area contributed by atoms with E-state index in [4.69, 9.17) is 12.2 Å². The Labute approximate surface area is 134 Å². The van der Waals surface area contributed by atoms with Crippen molar-refractivity contribution in [1.82, 2.24) is 10.7 Å². The fourth-order valence-electron chi connectivity index (χ4n) is 1.71. The van der Waals surface area contributed by atoms with Crippen molar-refractivity contribution < 1.29 is 0 Å². The first-order valence-electron chi connectivity index (χ1n) is 6.76. The summed E-state index contributed by atoms with van der Waals surface area (Å²) in [6.45, 7) is 2.85. The van der Waals surface area contributed by atoms with Crippen molar-refractivity contribution in [2.75, 3.05) is 24.7 Å². The quantitative estimate of drug-likeness (QED) is 0.453. The minimum absolute atomic E-state index is 0.500. The van der Waals surface area contributed by atoms with E-state index in [-0.39, 0.29) is 0 Å². The maximum Gasteiger partial charge on any atom is 0.186 e. The molecule has 0 aliphatic carbocycles. The monoisotopic (exact) mass is 321 g/mol. The van der Waals surface area contributed by atoms with E-state index in [1.54, 1.807) is 18.8 Å². The lowest BCUT2D eigenvalue weighted by Crippen LogP contribution is -2.29. The molecule has 0 atom stereocenters. The van der Waals surface area contributed by atoms with Gasteiger partial charge in [0, 0.05) is 25.0 Å². The van der Waals surface area contributed by atoms with Crippen molar-refractivity contribution in [2.45, 2.75) is 13.3 Å². The van der Waals surface area contributed by atoms with Gasteiger partial charge < -0.3 is 10.6 Å². The van der Waals surface area contributed by atoms with Gasteiger partial charge in [-0.2, -0.15) is 5.10 Å². The van der Waals surface area contributed by atoms with Crippen molar-refractivity contribution >= 4 is 45.7 Å².